The standard InChI is InChI=1S/C22H26N2O4S/c1-22(2,3)18-8-7-16-11-17(14-28-20(16)12-18)21(25)23-13-15-5-9-19(10-6-15)24-29(4,26)27/h5-12,24H,13-14H2,1-4H3,(H,23,25). The molecule has 29 heavy (non-hydrogen) atoms. The number of nitrogens with one attached hydrogen (secondary N) is 2. The fourth-order valence-corrected chi connectivity index (χ4v) is 3.53. The van der Waals surface area contributed by atoms with E-state index >= 15 is 0 Å². The normalized spacial score (nSPS) is 13.7. The van der Waals surface area contributed by atoms with E-state index in [9.17, 15) is 13.2 Å². The van der Waals surface area contributed by atoms with Gasteiger partial charge in [0.1, 0.15) is 12.4 Å². The molecule has 0 saturated heterocycles. The van der Waals surface area contributed by atoms with Crippen molar-refractivity contribution < 1.29 is 17.9 Å². The van der Waals surface area contributed by atoms with Gasteiger partial charge in [-0.05, 0) is 40.8 Å². The molecule has 0 unspecified atom stereocenters. The van der Waals surface area contributed by atoms with Crippen LogP contribution in [0.1, 0.15) is 37.5 Å². The first-order valence-electron chi connectivity index (χ1n) is 9.34. The molecule has 6 nitrogen and oxygen atoms in total. The first-order chi connectivity index (χ1) is 13.5. The zero-order chi connectivity index (χ0) is 21.2. The quantitative estimate of drug-likeness (QED) is 0.785. The molecule has 0 aromatic heterocycles. The molecule has 1 heterocycles. The number of carbonyl (C=O) groups excluding carboxylic acids is 1. The van der Waals surface area contributed by atoms with Crippen molar-refractivity contribution in [2.75, 3.05) is 17.6 Å². The molecule has 1 amide bonds. The molecule has 0 aliphatic carbocycles. The molecule has 0 spiro atoms. The van der Waals surface area contributed by atoms with Gasteiger partial charge in [0.05, 0.1) is 11.8 Å². The fourth-order valence-electron chi connectivity index (χ4n) is 2.96. The highest BCUT2D eigenvalue weighted by atomic mass is 32.2. The lowest BCUT2D eigenvalue weighted by Crippen LogP contribution is -2.28. The molecule has 2 N–H and O–H groups in total. The predicted octanol–water partition coefficient (Wildman–Crippen LogP) is 3.45. The topological polar surface area (TPSA) is 84.5 Å². The third kappa shape index (κ3) is 5.60. The molecule has 1 aliphatic heterocycles. The molecule has 2 aromatic rings. The number of rotatable bonds is 5. The van der Waals surface area contributed by atoms with Gasteiger partial charge in [-0.25, -0.2) is 8.42 Å². The van der Waals surface area contributed by atoms with E-state index in [0.717, 1.165) is 23.1 Å². The zero-order valence-electron chi connectivity index (χ0n) is 17.1. The Morgan fingerprint density at radius 1 is 1.10 bits per heavy atom. The van der Waals surface area contributed by atoms with Gasteiger partial charge in [0.15, 0.2) is 0 Å². The summed E-state index contributed by atoms with van der Waals surface area (Å²) in [6, 6.07) is 12.9. The van der Waals surface area contributed by atoms with E-state index in [2.05, 4.69) is 36.9 Å². The maximum Gasteiger partial charge on any atom is 0.250 e. The molecular formula is C22H26N2O4S. The first-order valence-corrected chi connectivity index (χ1v) is 11.2. The Labute approximate surface area is 172 Å². The SMILES string of the molecule is CC(C)(C)c1ccc2c(c1)OCC(C(=O)NCc1ccc(NS(C)(=O)=O)cc1)=C2. The number of fused-ring (bicyclic) bond motifs is 1. The summed E-state index contributed by atoms with van der Waals surface area (Å²) in [4.78, 5) is 12.5. The summed E-state index contributed by atoms with van der Waals surface area (Å²) in [6.07, 6.45) is 2.96. The second-order valence-electron chi connectivity index (χ2n) is 8.21. The number of amides is 1. The van der Waals surface area contributed by atoms with Crippen LogP contribution in [-0.2, 0) is 26.8 Å². The summed E-state index contributed by atoms with van der Waals surface area (Å²) in [5, 5.41) is 2.88. The Morgan fingerprint density at radius 2 is 1.79 bits per heavy atom. The molecule has 3 rings (SSSR count). The minimum absolute atomic E-state index is 0.0339. The van der Waals surface area contributed by atoms with Crippen LogP contribution in [0, 0.1) is 0 Å². The third-order valence-corrected chi connectivity index (χ3v) is 5.20. The Morgan fingerprint density at radius 3 is 2.41 bits per heavy atom. The van der Waals surface area contributed by atoms with Crippen molar-refractivity contribution in [2.24, 2.45) is 0 Å². The molecule has 2 aromatic carbocycles. The number of anilines is 1. The van der Waals surface area contributed by atoms with Crippen molar-refractivity contribution in [1.29, 1.82) is 0 Å². The molecule has 154 valence electrons. The summed E-state index contributed by atoms with van der Waals surface area (Å²) >= 11 is 0. The van der Waals surface area contributed by atoms with Gasteiger partial charge < -0.3 is 10.1 Å². The summed E-state index contributed by atoms with van der Waals surface area (Å²) in [5.41, 5.74) is 4.03. The minimum atomic E-state index is -3.31. The summed E-state index contributed by atoms with van der Waals surface area (Å²) in [7, 11) is -3.31. The van der Waals surface area contributed by atoms with Crippen LogP contribution in [0.2, 0.25) is 0 Å². The lowest BCUT2D eigenvalue weighted by atomic mass is 9.86. The van der Waals surface area contributed by atoms with E-state index in [1.807, 2.05) is 18.2 Å². The number of hydrogen-bond acceptors (Lipinski definition) is 4. The van der Waals surface area contributed by atoms with E-state index in [0.29, 0.717) is 17.8 Å². The number of hydrogen-bond donors (Lipinski definition) is 2. The Balaban J connectivity index is 1.64. The van der Waals surface area contributed by atoms with Gasteiger partial charge >= 0.3 is 0 Å². The van der Waals surface area contributed by atoms with E-state index < -0.39 is 10.0 Å². The van der Waals surface area contributed by atoms with Gasteiger partial charge in [-0.2, -0.15) is 0 Å². The Bertz CT molecular complexity index is 1050. The molecule has 0 atom stereocenters. The average Bonchev–Trinajstić information content (AvgIpc) is 2.64. The van der Waals surface area contributed by atoms with Gasteiger partial charge in [-0.15, -0.1) is 0 Å². The second-order valence-corrected chi connectivity index (χ2v) is 9.96. The predicted molar refractivity (Wildman–Crippen MR) is 115 cm³/mol. The summed E-state index contributed by atoms with van der Waals surface area (Å²) < 4.78 is 30.7. The number of carbonyl (C=O) groups is 1. The van der Waals surface area contributed by atoms with Crippen molar-refractivity contribution in [3.05, 3.63) is 64.7 Å². The molecule has 0 saturated carbocycles. The van der Waals surface area contributed by atoms with E-state index in [-0.39, 0.29) is 17.9 Å². The summed E-state index contributed by atoms with van der Waals surface area (Å²) in [5.74, 6) is 0.608. The Hall–Kier alpha value is -2.80. The lowest BCUT2D eigenvalue weighted by Gasteiger charge is -2.23. The van der Waals surface area contributed by atoms with Crippen LogP contribution >= 0.6 is 0 Å². The van der Waals surface area contributed by atoms with Gasteiger partial charge in [0.25, 0.3) is 5.91 Å². The largest absolute Gasteiger partial charge is 0.488 e. The van der Waals surface area contributed by atoms with Crippen LogP contribution < -0.4 is 14.8 Å². The van der Waals surface area contributed by atoms with Crippen molar-refractivity contribution in [3.63, 3.8) is 0 Å². The smallest absolute Gasteiger partial charge is 0.250 e. The highest BCUT2D eigenvalue weighted by Gasteiger charge is 2.20. The lowest BCUT2D eigenvalue weighted by molar-refractivity contribution is -0.117. The van der Waals surface area contributed by atoms with Crippen LogP contribution in [0.25, 0.3) is 6.08 Å². The number of sulfonamides is 1. The summed E-state index contributed by atoms with van der Waals surface area (Å²) in [6.45, 7) is 7.01. The molecular weight excluding hydrogens is 388 g/mol. The molecule has 0 radical (unpaired) electrons. The average molecular weight is 415 g/mol. The first kappa shape index (κ1) is 20.9. The molecule has 0 fully saturated rings. The monoisotopic (exact) mass is 414 g/mol. The van der Waals surface area contributed by atoms with Crippen LogP contribution in [-0.4, -0.2) is 27.2 Å². The van der Waals surface area contributed by atoms with Crippen molar-refractivity contribution >= 4 is 27.7 Å². The van der Waals surface area contributed by atoms with Crippen molar-refractivity contribution in [3.8, 4) is 5.75 Å². The van der Waals surface area contributed by atoms with Gasteiger partial charge in [-0.1, -0.05) is 45.0 Å². The van der Waals surface area contributed by atoms with Crippen LogP contribution in [0.3, 0.4) is 0 Å². The molecule has 0 bridgehead atoms. The van der Waals surface area contributed by atoms with Gasteiger partial charge in [0.2, 0.25) is 10.0 Å². The highest BCUT2D eigenvalue weighted by Crippen LogP contribution is 2.32. The fraction of sp³-hybridized carbons (Fsp3) is 0.318. The maximum absolute atomic E-state index is 12.5. The third-order valence-electron chi connectivity index (χ3n) is 4.59. The van der Waals surface area contributed by atoms with Crippen molar-refractivity contribution in [1.82, 2.24) is 5.32 Å². The number of ether oxygens (including phenoxy) is 1. The second kappa shape index (κ2) is 7.91. The molecule has 1 aliphatic rings. The van der Waals surface area contributed by atoms with E-state index in [1.165, 1.54) is 5.56 Å². The van der Waals surface area contributed by atoms with Crippen molar-refractivity contribution in [2.45, 2.75) is 32.7 Å². The Kier molecular flexibility index (Phi) is 5.71. The van der Waals surface area contributed by atoms with Gasteiger partial charge in [-0.3, -0.25) is 9.52 Å². The van der Waals surface area contributed by atoms with Crippen LogP contribution in [0.15, 0.2) is 48.0 Å². The van der Waals surface area contributed by atoms with Crippen LogP contribution in [0.4, 0.5) is 5.69 Å². The molecule has 7 heteroatoms. The van der Waals surface area contributed by atoms with Crippen LogP contribution in [0.5, 0.6) is 5.75 Å². The number of benzene rings is 2. The van der Waals surface area contributed by atoms with E-state index in [1.54, 1.807) is 24.3 Å². The van der Waals surface area contributed by atoms with E-state index in [4.69, 9.17) is 4.74 Å². The van der Waals surface area contributed by atoms with Gasteiger partial charge in [0, 0.05) is 17.8 Å². The zero-order valence-corrected chi connectivity index (χ0v) is 17.9. The minimum Gasteiger partial charge on any atom is -0.488 e. The highest BCUT2D eigenvalue weighted by molar-refractivity contribution is 7.92. The maximum atomic E-state index is 12.5.